The van der Waals surface area contributed by atoms with Gasteiger partial charge in [0.05, 0.1) is 20.3 Å². The van der Waals surface area contributed by atoms with Crippen molar-refractivity contribution in [2.45, 2.75) is 0 Å². The molecule has 23 heavy (non-hydrogen) atoms. The SMILES string of the molecule is COc1ccc(/C=C/COC/C=C/C#Cc2ccccc2)cc1. The van der Waals surface area contributed by atoms with Gasteiger partial charge in [-0.2, -0.15) is 0 Å². The van der Waals surface area contributed by atoms with Crippen LogP contribution in [0.3, 0.4) is 0 Å². The predicted molar refractivity (Wildman–Crippen MR) is 95.3 cm³/mol. The van der Waals surface area contributed by atoms with Gasteiger partial charge in [-0.05, 0) is 35.9 Å². The summed E-state index contributed by atoms with van der Waals surface area (Å²) in [5.41, 5.74) is 2.14. The molecule has 0 spiro atoms. The smallest absolute Gasteiger partial charge is 0.118 e. The minimum atomic E-state index is 0.552. The Morgan fingerprint density at radius 1 is 0.913 bits per heavy atom. The second kappa shape index (κ2) is 10.0. The molecule has 0 aliphatic rings. The first-order chi connectivity index (χ1) is 11.4. The first-order valence-electron chi connectivity index (χ1n) is 7.48. The largest absolute Gasteiger partial charge is 0.497 e. The molecule has 0 bridgehead atoms. The summed E-state index contributed by atoms with van der Waals surface area (Å²) in [5, 5.41) is 0. The van der Waals surface area contributed by atoms with Crippen molar-refractivity contribution in [1.29, 1.82) is 0 Å². The highest BCUT2D eigenvalue weighted by Gasteiger charge is 1.89. The standard InChI is InChI=1S/C21H20O2/c1-22-21-15-13-20(14-16-21)12-8-18-23-17-7-3-6-11-19-9-4-2-5-10-19/h2-5,7-10,12-16H,17-18H2,1H3/b7-3+,12-8+. The Hall–Kier alpha value is -2.76. The lowest BCUT2D eigenvalue weighted by atomic mass is 10.2. The number of hydrogen-bond donors (Lipinski definition) is 0. The van der Waals surface area contributed by atoms with Crippen molar-refractivity contribution >= 4 is 6.08 Å². The number of allylic oxidation sites excluding steroid dienone is 1. The molecule has 0 aliphatic heterocycles. The molecule has 0 aliphatic carbocycles. The summed E-state index contributed by atoms with van der Waals surface area (Å²) < 4.78 is 10.6. The van der Waals surface area contributed by atoms with E-state index in [1.54, 1.807) is 7.11 Å². The van der Waals surface area contributed by atoms with Crippen molar-refractivity contribution in [3.8, 4) is 17.6 Å². The van der Waals surface area contributed by atoms with E-state index in [1.165, 1.54) is 0 Å². The van der Waals surface area contributed by atoms with Gasteiger partial charge in [-0.15, -0.1) is 0 Å². The Bertz CT molecular complexity index is 686. The number of benzene rings is 2. The van der Waals surface area contributed by atoms with Crippen LogP contribution in [0.4, 0.5) is 0 Å². The van der Waals surface area contributed by atoms with Crippen LogP contribution in [0.2, 0.25) is 0 Å². The van der Waals surface area contributed by atoms with Crippen LogP contribution in [0.1, 0.15) is 11.1 Å². The maximum atomic E-state index is 5.49. The summed E-state index contributed by atoms with van der Waals surface area (Å²) in [5.74, 6) is 6.91. The average molecular weight is 304 g/mol. The lowest BCUT2D eigenvalue weighted by Crippen LogP contribution is -1.89. The highest BCUT2D eigenvalue weighted by atomic mass is 16.5. The minimum absolute atomic E-state index is 0.552. The number of rotatable bonds is 6. The monoisotopic (exact) mass is 304 g/mol. The average Bonchev–Trinajstić information content (AvgIpc) is 2.61. The molecule has 2 aromatic rings. The third kappa shape index (κ3) is 6.69. The van der Waals surface area contributed by atoms with Crippen molar-refractivity contribution in [1.82, 2.24) is 0 Å². The van der Waals surface area contributed by atoms with Gasteiger partial charge in [-0.25, -0.2) is 0 Å². The van der Waals surface area contributed by atoms with E-state index in [4.69, 9.17) is 9.47 Å². The van der Waals surface area contributed by atoms with Crippen LogP contribution >= 0.6 is 0 Å². The van der Waals surface area contributed by atoms with Crippen molar-refractivity contribution < 1.29 is 9.47 Å². The molecule has 0 unspecified atom stereocenters. The molecule has 0 fully saturated rings. The zero-order valence-electron chi connectivity index (χ0n) is 13.2. The topological polar surface area (TPSA) is 18.5 Å². The molecule has 116 valence electrons. The van der Waals surface area contributed by atoms with Gasteiger partial charge in [0.1, 0.15) is 5.75 Å². The van der Waals surface area contributed by atoms with Crippen LogP contribution in [0.25, 0.3) is 6.08 Å². The molecule has 0 N–H and O–H groups in total. The molecular formula is C21H20O2. The van der Waals surface area contributed by atoms with E-state index >= 15 is 0 Å². The molecule has 0 heterocycles. The number of hydrogen-bond acceptors (Lipinski definition) is 2. The zero-order chi connectivity index (χ0) is 16.2. The lowest BCUT2D eigenvalue weighted by Gasteiger charge is -1.99. The van der Waals surface area contributed by atoms with Gasteiger partial charge in [0.25, 0.3) is 0 Å². The lowest BCUT2D eigenvalue weighted by molar-refractivity contribution is 0.194. The van der Waals surface area contributed by atoms with E-state index < -0.39 is 0 Å². The Kier molecular flexibility index (Phi) is 7.26. The number of methoxy groups -OCH3 is 1. The first-order valence-corrected chi connectivity index (χ1v) is 7.48. The first kappa shape index (κ1) is 16.6. The number of ether oxygens (including phenoxy) is 2. The molecule has 0 atom stereocenters. The fourth-order valence-corrected chi connectivity index (χ4v) is 1.86. The summed E-state index contributed by atoms with van der Waals surface area (Å²) in [7, 11) is 1.66. The van der Waals surface area contributed by atoms with Gasteiger partial charge in [0, 0.05) is 5.56 Å². The zero-order valence-corrected chi connectivity index (χ0v) is 13.2. The molecule has 2 rings (SSSR count). The summed E-state index contributed by atoms with van der Waals surface area (Å²) in [6.07, 6.45) is 7.75. The maximum absolute atomic E-state index is 5.49. The van der Waals surface area contributed by atoms with E-state index in [1.807, 2.05) is 78.9 Å². The second-order valence-corrected chi connectivity index (χ2v) is 4.75. The van der Waals surface area contributed by atoms with Crippen molar-refractivity contribution in [2.75, 3.05) is 20.3 Å². The summed E-state index contributed by atoms with van der Waals surface area (Å²) in [6.45, 7) is 1.12. The molecule has 0 saturated carbocycles. The van der Waals surface area contributed by atoms with E-state index in [0.717, 1.165) is 16.9 Å². The molecule has 0 aromatic heterocycles. The molecule has 2 nitrogen and oxygen atoms in total. The Morgan fingerprint density at radius 3 is 2.39 bits per heavy atom. The Labute approximate surface area is 138 Å². The Balaban J connectivity index is 1.64. The second-order valence-electron chi connectivity index (χ2n) is 4.75. The van der Waals surface area contributed by atoms with Gasteiger partial charge in [0.2, 0.25) is 0 Å². The van der Waals surface area contributed by atoms with Crippen LogP contribution in [0, 0.1) is 11.8 Å². The van der Waals surface area contributed by atoms with Crippen LogP contribution in [-0.2, 0) is 4.74 Å². The Morgan fingerprint density at radius 2 is 1.65 bits per heavy atom. The maximum Gasteiger partial charge on any atom is 0.118 e. The third-order valence-corrected chi connectivity index (χ3v) is 3.05. The molecule has 2 aromatic carbocycles. The quantitative estimate of drug-likeness (QED) is 0.584. The third-order valence-electron chi connectivity index (χ3n) is 3.05. The van der Waals surface area contributed by atoms with Gasteiger partial charge in [-0.3, -0.25) is 0 Å². The van der Waals surface area contributed by atoms with E-state index in [2.05, 4.69) is 11.8 Å². The van der Waals surface area contributed by atoms with Crippen molar-refractivity contribution in [3.63, 3.8) is 0 Å². The van der Waals surface area contributed by atoms with Crippen LogP contribution in [-0.4, -0.2) is 20.3 Å². The van der Waals surface area contributed by atoms with Crippen molar-refractivity contribution in [3.05, 3.63) is 84.0 Å². The summed E-state index contributed by atoms with van der Waals surface area (Å²) in [6, 6.07) is 17.8. The fraction of sp³-hybridized carbons (Fsp3) is 0.143. The summed E-state index contributed by atoms with van der Waals surface area (Å²) in [4.78, 5) is 0. The van der Waals surface area contributed by atoms with E-state index in [9.17, 15) is 0 Å². The van der Waals surface area contributed by atoms with Gasteiger partial charge >= 0.3 is 0 Å². The fourth-order valence-electron chi connectivity index (χ4n) is 1.86. The van der Waals surface area contributed by atoms with Crippen LogP contribution < -0.4 is 4.74 Å². The normalized spacial score (nSPS) is 10.7. The minimum Gasteiger partial charge on any atom is -0.497 e. The van der Waals surface area contributed by atoms with Gasteiger partial charge in [-0.1, -0.05) is 60.4 Å². The van der Waals surface area contributed by atoms with Gasteiger partial charge < -0.3 is 9.47 Å². The van der Waals surface area contributed by atoms with Crippen LogP contribution in [0.15, 0.2) is 72.8 Å². The highest BCUT2D eigenvalue weighted by Crippen LogP contribution is 2.12. The molecule has 0 radical (unpaired) electrons. The van der Waals surface area contributed by atoms with Crippen molar-refractivity contribution in [2.24, 2.45) is 0 Å². The molecule has 0 saturated heterocycles. The molecule has 2 heteroatoms. The summed E-state index contributed by atoms with van der Waals surface area (Å²) >= 11 is 0. The highest BCUT2D eigenvalue weighted by molar-refractivity contribution is 5.50. The van der Waals surface area contributed by atoms with Gasteiger partial charge in [0.15, 0.2) is 0 Å². The van der Waals surface area contributed by atoms with E-state index in [0.29, 0.717) is 13.2 Å². The van der Waals surface area contributed by atoms with E-state index in [-0.39, 0.29) is 0 Å². The molecule has 0 amide bonds. The predicted octanol–water partition coefficient (Wildman–Crippen LogP) is 4.33. The van der Waals surface area contributed by atoms with Crippen LogP contribution in [0.5, 0.6) is 5.75 Å². The molecular weight excluding hydrogens is 284 g/mol.